The zero-order valence-corrected chi connectivity index (χ0v) is 13.0. The molecular formula is C12H16ClN5O6. The molecular weight excluding hydrogens is 346 g/mol. The molecule has 2 aliphatic rings. The number of aromatic nitrogens is 2. The van der Waals surface area contributed by atoms with Gasteiger partial charge in [-0.05, 0) is 0 Å². The second kappa shape index (κ2) is 5.95. The van der Waals surface area contributed by atoms with Gasteiger partial charge >= 0.3 is 0 Å². The molecule has 1 aromatic rings. The highest BCUT2D eigenvalue weighted by Gasteiger charge is 2.49. The highest BCUT2D eigenvalue weighted by atomic mass is 35.5. The number of ketones is 1. The maximum atomic E-state index is 12.0. The summed E-state index contributed by atoms with van der Waals surface area (Å²) in [6.45, 7) is -0.507. The molecule has 11 nitrogen and oxygen atoms in total. The summed E-state index contributed by atoms with van der Waals surface area (Å²) in [4.78, 5) is 19.9. The lowest BCUT2D eigenvalue weighted by Gasteiger charge is -2.30. The molecule has 1 saturated heterocycles. The Bertz CT molecular complexity index is 695. The fraction of sp³-hybridized carbons (Fsp3) is 0.583. The summed E-state index contributed by atoms with van der Waals surface area (Å²) in [6, 6.07) is 0. The summed E-state index contributed by atoms with van der Waals surface area (Å²) in [7, 11) is 0. The van der Waals surface area contributed by atoms with E-state index in [2.05, 4.69) is 15.3 Å². The van der Waals surface area contributed by atoms with Crippen molar-refractivity contribution in [1.29, 1.82) is 0 Å². The second-order valence-corrected chi connectivity index (χ2v) is 5.71. The van der Waals surface area contributed by atoms with Crippen LogP contribution in [-0.2, 0) is 15.3 Å². The van der Waals surface area contributed by atoms with Crippen molar-refractivity contribution >= 4 is 29.2 Å². The lowest BCUT2D eigenvalue weighted by atomic mass is 10.0. The molecule has 12 heteroatoms. The van der Waals surface area contributed by atoms with E-state index in [1.807, 2.05) is 0 Å². The van der Waals surface area contributed by atoms with E-state index in [1.54, 1.807) is 0 Å². The number of nitrogens with one attached hydrogen (secondary N) is 1. The van der Waals surface area contributed by atoms with Gasteiger partial charge in [-0.25, -0.2) is 4.98 Å². The molecule has 0 bridgehead atoms. The van der Waals surface area contributed by atoms with Crippen molar-refractivity contribution in [1.82, 2.24) is 14.9 Å². The first-order chi connectivity index (χ1) is 11.3. The number of aliphatic hydroxyl groups is 4. The molecule has 0 saturated carbocycles. The Balaban J connectivity index is 2.05. The zero-order valence-electron chi connectivity index (χ0n) is 12.2. The summed E-state index contributed by atoms with van der Waals surface area (Å²) >= 11 is 5.51. The first-order valence-electron chi connectivity index (χ1n) is 6.97. The number of ether oxygens (including phenoxy) is 1. The van der Waals surface area contributed by atoms with Crippen LogP contribution >= 0.6 is 11.6 Å². The molecule has 132 valence electrons. The van der Waals surface area contributed by atoms with E-state index in [0.29, 0.717) is 0 Å². The third-order valence-electron chi connectivity index (χ3n) is 3.96. The van der Waals surface area contributed by atoms with Crippen molar-refractivity contribution < 1.29 is 30.0 Å². The minimum absolute atomic E-state index is 0.0398. The molecule has 24 heavy (non-hydrogen) atoms. The highest BCUT2D eigenvalue weighted by molar-refractivity contribution is 6.29. The minimum atomic E-state index is -2.27. The highest BCUT2D eigenvalue weighted by Crippen LogP contribution is 2.38. The Hall–Kier alpha value is -1.76. The summed E-state index contributed by atoms with van der Waals surface area (Å²) in [5, 5.41) is 42.0. The Kier molecular flexibility index (Phi) is 4.23. The van der Waals surface area contributed by atoms with Gasteiger partial charge in [0.05, 0.1) is 18.8 Å². The topological polar surface area (TPSA) is 175 Å². The number of carbonyl (C=O) groups is 1. The molecule has 5 atom stereocenters. The summed E-state index contributed by atoms with van der Waals surface area (Å²) in [5.74, 6) is -1.61. The number of fused-ring (bicyclic) bond motifs is 1. The Morgan fingerprint density at radius 2 is 2.21 bits per heavy atom. The summed E-state index contributed by atoms with van der Waals surface area (Å²) < 4.78 is 6.59. The molecule has 0 spiro atoms. The average molecular weight is 362 g/mol. The first kappa shape index (κ1) is 17.1. The molecule has 3 heterocycles. The van der Waals surface area contributed by atoms with E-state index in [9.17, 15) is 20.1 Å². The Labute approximate surface area is 140 Å². The van der Waals surface area contributed by atoms with Gasteiger partial charge in [0.1, 0.15) is 24.0 Å². The maximum absolute atomic E-state index is 12.0. The fourth-order valence-electron chi connectivity index (χ4n) is 2.70. The SMILES string of the molecule is NC1=Nc2c(ncn2[C@@H]2O[C@H](CO)[C@@H](O)[C@H]2O)C(O)(C(=O)CCl)N1. The number of hydrogen-bond acceptors (Lipinski definition) is 10. The molecule has 3 rings (SSSR count). The summed E-state index contributed by atoms with van der Waals surface area (Å²) in [5.41, 5.74) is 3.17. The van der Waals surface area contributed by atoms with E-state index in [1.165, 1.54) is 10.9 Å². The standard InChI is InChI=1S/C12H16ClN5O6/c13-1-5(20)12(23)8-9(16-11(14)17-12)18(3-15-8)10-7(22)6(21)4(2-19)24-10/h3-4,6-7,10,19,21-23H,1-2H2,(H3,14,16,17)/t4-,6-,7-,10-,12?/m1/s1. The number of guanidine groups is 1. The monoisotopic (exact) mass is 361 g/mol. The zero-order chi connectivity index (χ0) is 17.6. The van der Waals surface area contributed by atoms with E-state index in [4.69, 9.17) is 27.2 Å². The third-order valence-corrected chi connectivity index (χ3v) is 4.20. The number of rotatable bonds is 4. The Morgan fingerprint density at radius 1 is 1.50 bits per heavy atom. The van der Waals surface area contributed by atoms with Gasteiger partial charge < -0.3 is 36.2 Å². The van der Waals surface area contributed by atoms with E-state index in [-0.39, 0.29) is 17.5 Å². The van der Waals surface area contributed by atoms with Crippen LogP contribution in [0.4, 0.5) is 5.82 Å². The van der Waals surface area contributed by atoms with Crippen molar-refractivity contribution in [3.63, 3.8) is 0 Å². The van der Waals surface area contributed by atoms with Gasteiger partial charge in [0, 0.05) is 0 Å². The number of halogens is 1. The smallest absolute Gasteiger partial charge is 0.247 e. The molecule has 0 aromatic carbocycles. The molecule has 1 fully saturated rings. The van der Waals surface area contributed by atoms with Crippen LogP contribution in [0.5, 0.6) is 0 Å². The van der Waals surface area contributed by atoms with Crippen LogP contribution in [0, 0.1) is 0 Å². The molecule has 2 aliphatic heterocycles. The quantitative estimate of drug-likeness (QED) is 0.305. The van der Waals surface area contributed by atoms with Gasteiger partial charge in [0.2, 0.25) is 11.5 Å². The number of imidazole rings is 1. The van der Waals surface area contributed by atoms with Crippen LogP contribution in [0.25, 0.3) is 0 Å². The van der Waals surface area contributed by atoms with E-state index < -0.39 is 48.5 Å². The lowest BCUT2D eigenvalue weighted by Crippen LogP contribution is -2.56. The van der Waals surface area contributed by atoms with E-state index >= 15 is 0 Å². The normalized spacial score (nSPS) is 35.3. The van der Waals surface area contributed by atoms with Crippen molar-refractivity contribution in [2.75, 3.05) is 12.5 Å². The van der Waals surface area contributed by atoms with Crippen LogP contribution in [0.2, 0.25) is 0 Å². The van der Waals surface area contributed by atoms with Crippen molar-refractivity contribution in [2.45, 2.75) is 30.3 Å². The third kappa shape index (κ3) is 2.37. The van der Waals surface area contributed by atoms with Gasteiger partial charge in [-0.3, -0.25) is 9.36 Å². The van der Waals surface area contributed by atoms with Crippen molar-refractivity contribution in [3.05, 3.63) is 12.0 Å². The molecule has 1 aromatic heterocycles. The minimum Gasteiger partial charge on any atom is -0.394 e. The van der Waals surface area contributed by atoms with Gasteiger partial charge in [0.25, 0.3) is 0 Å². The predicted molar refractivity (Wildman–Crippen MR) is 79.3 cm³/mol. The van der Waals surface area contributed by atoms with Crippen LogP contribution in [0.3, 0.4) is 0 Å². The largest absolute Gasteiger partial charge is 0.394 e. The second-order valence-electron chi connectivity index (χ2n) is 5.44. The van der Waals surface area contributed by atoms with Crippen LogP contribution in [-0.4, -0.2) is 72.5 Å². The van der Waals surface area contributed by atoms with Gasteiger partial charge in [0.15, 0.2) is 18.0 Å². The van der Waals surface area contributed by atoms with Crippen molar-refractivity contribution in [2.24, 2.45) is 10.7 Å². The maximum Gasteiger partial charge on any atom is 0.247 e. The molecule has 0 aliphatic carbocycles. The number of nitrogens with zero attached hydrogens (tertiary/aromatic N) is 3. The predicted octanol–water partition coefficient (Wildman–Crippen LogP) is -3.00. The molecule has 0 radical (unpaired) electrons. The van der Waals surface area contributed by atoms with E-state index in [0.717, 1.165) is 0 Å². The molecule has 7 N–H and O–H groups in total. The molecule has 1 unspecified atom stereocenters. The fourth-order valence-corrected chi connectivity index (χ4v) is 2.90. The van der Waals surface area contributed by atoms with Crippen LogP contribution < -0.4 is 11.1 Å². The number of carbonyl (C=O) groups excluding carboxylic acids is 1. The van der Waals surface area contributed by atoms with Gasteiger partial charge in [-0.15, -0.1) is 11.6 Å². The number of hydrogen-bond donors (Lipinski definition) is 6. The van der Waals surface area contributed by atoms with Crippen LogP contribution in [0.1, 0.15) is 11.9 Å². The lowest BCUT2D eigenvalue weighted by molar-refractivity contribution is -0.138. The average Bonchev–Trinajstić information content (AvgIpc) is 3.09. The van der Waals surface area contributed by atoms with Crippen molar-refractivity contribution in [3.8, 4) is 0 Å². The number of alkyl halides is 1. The van der Waals surface area contributed by atoms with Crippen LogP contribution in [0.15, 0.2) is 11.3 Å². The molecule has 0 amide bonds. The Morgan fingerprint density at radius 3 is 2.79 bits per heavy atom. The van der Waals surface area contributed by atoms with Gasteiger partial charge in [-0.1, -0.05) is 0 Å². The summed E-state index contributed by atoms with van der Waals surface area (Å²) in [6.07, 6.45) is -3.69. The van der Waals surface area contributed by atoms with Gasteiger partial charge in [-0.2, -0.15) is 4.99 Å². The number of aliphatic hydroxyl groups excluding tert-OH is 3. The number of nitrogens with two attached hydrogens (primary N) is 1. The first-order valence-corrected chi connectivity index (χ1v) is 7.50. The number of Topliss-reactive ketones (excluding diaryl/α,β-unsaturated/α-hetero) is 1. The number of aliphatic imine (C=N–C) groups is 1.